The largest absolute Gasteiger partial charge is 0.508 e. The van der Waals surface area contributed by atoms with Crippen LogP contribution in [0.2, 0.25) is 0 Å². The molecule has 4 aromatic rings. The van der Waals surface area contributed by atoms with Gasteiger partial charge < -0.3 is 102 Å². The summed E-state index contributed by atoms with van der Waals surface area (Å²) >= 11 is 0. The number of amides is 10. The summed E-state index contributed by atoms with van der Waals surface area (Å²) in [4.78, 5) is 182. The molecule has 0 aliphatic heterocycles. The Morgan fingerprint density at radius 1 is 0.364 bits per heavy atom. The molecule has 0 unspecified atom stereocenters. The zero-order valence-corrected chi connectivity index (χ0v) is 62.2. The van der Waals surface area contributed by atoms with Crippen molar-refractivity contribution in [3.8, 4) is 5.75 Å². The molecule has 0 aliphatic rings. The lowest BCUT2D eigenvalue weighted by Crippen LogP contribution is -2.62. The summed E-state index contributed by atoms with van der Waals surface area (Å²) in [5.41, 5.74) is 29.7. The zero-order chi connectivity index (χ0) is 81.2. The number of hydrogen-bond acceptors (Lipinski definition) is 19. The third kappa shape index (κ3) is 33.1. The van der Waals surface area contributed by atoms with Crippen LogP contribution >= 0.6 is 0 Å². The van der Waals surface area contributed by atoms with E-state index in [1.165, 1.54) is 6.92 Å². The molecule has 0 saturated heterocycles. The summed E-state index contributed by atoms with van der Waals surface area (Å²) in [7, 11) is 0. The minimum absolute atomic E-state index is 0.0137. The Hall–Kier alpha value is -10.6. The van der Waals surface area contributed by atoms with Crippen LogP contribution in [0, 0.1) is 17.6 Å². The van der Waals surface area contributed by atoms with Gasteiger partial charge in [0.2, 0.25) is 59.1 Å². The summed E-state index contributed by atoms with van der Waals surface area (Å²) in [5, 5.41) is 65.5. The van der Waals surface area contributed by atoms with E-state index in [-0.39, 0.29) is 77.4 Å². The molecule has 0 saturated carbocycles. The van der Waals surface area contributed by atoms with Crippen molar-refractivity contribution in [1.82, 2.24) is 53.2 Å². The van der Waals surface area contributed by atoms with E-state index in [9.17, 15) is 78.0 Å². The molecule has 12 atom stereocenters. The molecule has 0 aliphatic carbocycles. The quantitative estimate of drug-likeness (QED) is 0.0268. The molecule has 604 valence electrons. The van der Waals surface area contributed by atoms with E-state index in [2.05, 4.69) is 53.2 Å². The number of carboxylic acids is 3. The molecule has 0 heterocycles. The summed E-state index contributed by atoms with van der Waals surface area (Å²) in [6.45, 7) is 4.05. The van der Waals surface area contributed by atoms with Crippen molar-refractivity contribution < 1.29 is 91.5 Å². The molecular weight excluding hydrogens is 1430 g/mol. The number of carbonyl (C=O) groups is 13. The van der Waals surface area contributed by atoms with E-state index in [4.69, 9.17) is 28.7 Å². The summed E-state index contributed by atoms with van der Waals surface area (Å²) in [5.74, 6) is -19.2. The highest BCUT2D eigenvalue weighted by Gasteiger charge is 2.39. The van der Waals surface area contributed by atoms with Crippen molar-refractivity contribution in [2.75, 3.05) is 26.2 Å². The fraction of sp³-hybridized carbons (Fsp3) is 0.513. The lowest BCUT2D eigenvalue weighted by molar-refractivity contribution is -0.142. The van der Waals surface area contributed by atoms with Gasteiger partial charge in [-0.15, -0.1) is 0 Å². The van der Waals surface area contributed by atoms with Gasteiger partial charge in [0, 0.05) is 56.2 Å². The van der Waals surface area contributed by atoms with Gasteiger partial charge in [-0.1, -0.05) is 118 Å². The van der Waals surface area contributed by atoms with E-state index in [1.54, 1.807) is 97.9 Å². The number of carbonyl (C=O) groups excluding carboxylic acids is 10. The first-order valence-corrected chi connectivity index (χ1v) is 37.1. The first-order valence-electron chi connectivity index (χ1n) is 37.1. The van der Waals surface area contributed by atoms with Gasteiger partial charge in [0.15, 0.2) is 0 Å². The van der Waals surface area contributed by atoms with Gasteiger partial charge in [-0.25, -0.2) is 13.6 Å². The Balaban J connectivity index is 1.71. The van der Waals surface area contributed by atoms with Crippen LogP contribution in [-0.2, 0) is 88.0 Å². The highest BCUT2D eigenvalue weighted by Crippen LogP contribution is 2.23. The lowest BCUT2D eigenvalue weighted by Gasteiger charge is -2.30. The number of benzene rings is 4. The van der Waals surface area contributed by atoms with Gasteiger partial charge in [-0.05, 0) is 132 Å². The van der Waals surface area contributed by atoms with Crippen LogP contribution in [0.25, 0.3) is 0 Å². The molecule has 0 aromatic heterocycles. The summed E-state index contributed by atoms with van der Waals surface area (Å²) < 4.78 is 31.7. The number of aliphatic carboxylic acids is 3. The Kier molecular flexibility index (Phi) is 41.3. The van der Waals surface area contributed by atoms with Crippen LogP contribution in [0.3, 0.4) is 0 Å². The molecule has 0 spiro atoms. The van der Waals surface area contributed by atoms with Crippen molar-refractivity contribution in [2.45, 2.75) is 215 Å². The fourth-order valence-corrected chi connectivity index (χ4v) is 11.8. The summed E-state index contributed by atoms with van der Waals surface area (Å²) in [6, 6.07) is 8.53. The molecule has 34 heteroatoms. The molecule has 10 amide bonds. The number of phenolic OH excluding ortho intramolecular Hbond substituents is 1. The number of phenols is 1. The number of aromatic hydroxyl groups is 1. The van der Waals surface area contributed by atoms with Crippen molar-refractivity contribution in [1.29, 1.82) is 0 Å². The molecule has 32 nitrogen and oxygen atoms in total. The van der Waals surface area contributed by atoms with Crippen LogP contribution in [0.15, 0.2) is 103 Å². The standard InChI is InChI=1S/C76H109F2N15O17/c1-3-45(2)65(75(108)91-61(44-50-51(77)42-49(94)43-52(50)78)74(107)90-59(39-46-21-7-4-8-22-46)72(105)89-60(40-47-23-9-5-10-24-47)73(106)92-62(76(109)110)41-48-25-11-6-12-26-48)93-71(104)58(32-34-64(97)98)88-70(103)57(31-33-63(95)96)87-69(102)56(30-16-20-38-82)86-68(101)55(29-15-19-37-81)85-67(100)54(28-14-18-36-80)84-66(99)53(83)27-13-17-35-79/h4-12,21-26,42-43,45,53-62,65,94H,3,13-20,27-41,44,79-83H2,1-2H3,(H,84,99)(H,85,100)(H,86,101)(H,87,102)(H,88,103)(H,89,105)(H,90,107)(H,91,108)(H,92,106)(H,93,104)(H,95,96)(H,97,98)(H,109,110)/t45-,53-,54-,55-,56-,57-,58-,59-,60-,61-,62-,65-/m0/s1. The maximum atomic E-state index is 15.8. The summed E-state index contributed by atoms with van der Waals surface area (Å²) in [6.07, 6.45) is -1.19. The second kappa shape index (κ2) is 49.5. The third-order valence-corrected chi connectivity index (χ3v) is 18.3. The topological polar surface area (TPSA) is 553 Å². The number of rotatable bonds is 53. The van der Waals surface area contributed by atoms with Gasteiger partial charge in [0.25, 0.3) is 0 Å². The first kappa shape index (κ1) is 91.8. The van der Waals surface area contributed by atoms with Gasteiger partial charge in [-0.3, -0.25) is 57.5 Å². The van der Waals surface area contributed by atoms with Crippen LogP contribution < -0.4 is 81.8 Å². The Morgan fingerprint density at radius 3 is 0.982 bits per heavy atom. The van der Waals surface area contributed by atoms with E-state index in [0.29, 0.717) is 80.3 Å². The molecule has 4 aromatic carbocycles. The molecule has 0 radical (unpaired) electrons. The average molecular weight is 1540 g/mol. The van der Waals surface area contributed by atoms with E-state index in [0.717, 1.165) is 0 Å². The minimum atomic E-state index is -2.08. The number of unbranched alkanes of at least 4 members (excludes halogenated alkanes) is 4. The molecular formula is C76H109F2N15O17. The monoisotopic (exact) mass is 1540 g/mol. The second-order valence-electron chi connectivity index (χ2n) is 27.0. The van der Waals surface area contributed by atoms with Crippen LogP contribution in [0.1, 0.15) is 145 Å². The smallest absolute Gasteiger partial charge is 0.326 e. The second-order valence-corrected chi connectivity index (χ2v) is 27.0. The maximum absolute atomic E-state index is 15.8. The van der Waals surface area contributed by atoms with Crippen LogP contribution in [0.4, 0.5) is 8.78 Å². The van der Waals surface area contributed by atoms with Crippen molar-refractivity contribution in [2.24, 2.45) is 34.6 Å². The normalized spacial score (nSPS) is 14.4. The van der Waals surface area contributed by atoms with E-state index < -0.39 is 204 Å². The van der Waals surface area contributed by atoms with Crippen molar-refractivity contribution in [3.63, 3.8) is 0 Å². The molecule has 0 bridgehead atoms. The average Bonchev–Trinajstić information content (AvgIpc) is 0.824. The van der Waals surface area contributed by atoms with Crippen molar-refractivity contribution >= 4 is 77.0 Å². The number of hydrogen-bond donors (Lipinski definition) is 19. The van der Waals surface area contributed by atoms with Gasteiger partial charge in [0.05, 0.1) is 6.04 Å². The Morgan fingerprint density at radius 2 is 0.645 bits per heavy atom. The lowest BCUT2D eigenvalue weighted by atomic mass is 9.96. The highest BCUT2D eigenvalue weighted by molar-refractivity contribution is 5.99. The van der Waals surface area contributed by atoms with Gasteiger partial charge in [-0.2, -0.15) is 0 Å². The highest BCUT2D eigenvalue weighted by atomic mass is 19.1. The molecule has 0 fully saturated rings. The van der Waals surface area contributed by atoms with Crippen LogP contribution in [-0.4, -0.2) is 190 Å². The predicted octanol–water partition coefficient (Wildman–Crippen LogP) is 0.493. The van der Waals surface area contributed by atoms with Gasteiger partial charge >= 0.3 is 17.9 Å². The Bertz CT molecular complexity index is 3630. The zero-order valence-electron chi connectivity index (χ0n) is 62.2. The number of nitrogens with two attached hydrogens (primary N) is 5. The maximum Gasteiger partial charge on any atom is 0.326 e. The van der Waals surface area contributed by atoms with Crippen LogP contribution in [0.5, 0.6) is 5.75 Å². The number of nitrogens with one attached hydrogen (secondary N) is 10. The fourth-order valence-electron chi connectivity index (χ4n) is 11.8. The number of carboxylic acid groups (broad SMARTS) is 3. The molecule has 4 rings (SSSR count). The molecule has 110 heavy (non-hydrogen) atoms. The van der Waals surface area contributed by atoms with E-state index >= 15 is 13.6 Å². The first-order chi connectivity index (χ1) is 52.5. The van der Waals surface area contributed by atoms with Gasteiger partial charge in [0.1, 0.15) is 77.8 Å². The van der Waals surface area contributed by atoms with E-state index in [1.807, 2.05) is 0 Å². The number of halogens is 2. The minimum Gasteiger partial charge on any atom is -0.508 e. The third-order valence-electron chi connectivity index (χ3n) is 18.3. The van der Waals surface area contributed by atoms with Crippen molar-refractivity contribution in [3.05, 3.63) is 137 Å². The Labute approximate surface area is 637 Å². The SMILES string of the molecule is CC[C@H](C)[C@H](NC(=O)[C@H](CCC(=O)O)NC(=O)[C@H](CCC(=O)O)NC(=O)[C@H](CCCCN)NC(=O)[C@H](CCCCN)NC(=O)[C@H](CCCCN)NC(=O)[C@@H](N)CCCCN)C(=O)N[C@@H](Cc1c(F)cc(O)cc1F)C(=O)N[C@@H](Cc1ccccc1)C(=O)N[C@@H](Cc1ccccc1)C(=O)N[C@@H](Cc1ccccc1)C(=O)O. The molecule has 24 N–H and O–H groups in total. The predicted molar refractivity (Wildman–Crippen MR) is 402 cm³/mol.